The van der Waals surface area contributed by atoms with Crippen LogP contribution in [-0.4, -0.2) is 54.3 Å². The number of nitrogens with zero attached hydrogens (tertiary/aromatic N) is 2. The van der Waals surface area contributed by atoms with Crippen LogP contribution in [0.1, 0.15) is 32.6 Å². The van der Waals surface area contributed by atoms with Crippen LogP contribution in [0, 0.1) is 0 Å². The Balaban J connectivity index is 2.56. The van der Waals surface area contributed by atoms with Crippen LogP contribution in [0.5, 0.6) is 0 Å². The van der Waals surface area contributed by atoms with E-state index in [9.17, 15) is 4.79 Å². The number of hydrogen-bond donors (Lipinski definition) is 0. The van der Waals surface area contributed by atoms with Gasteiger partial charge in [-0.3, -0.25) is 4.79 Å². The molecule has 0 aromatic rings. The van der Waals surface area contributed by atoms with Crippen molar-refractivity contribution in [3.05, 3.63) is 0 Å². The van der Waals surface area contributed by atoms with Crippen LogP contribution in [0.25, 0.3) is 0 Å². The van der Waals surface area contributed by atoms with Crippen molar-refractivity contribution in [1.29, 1.82) is 0 Å². The van der Waals surface area contributed by atoms with Crippen molar-refractivity contribution in [1.82, 2.24) is 9.80 Å². The molecule has 0 aliphatic heterocycles. The van der Waals surface area contributed by atoms with Crippen molar-refractivity contribution in [2.75, 3.05) is 27.2 Å². The molecule has 4 heteroatoms. The van der Waals surface area contributed by atoms with Crippen LogP contribution in [0.4, 0.5) is 0 Å². The molecule has 3 nitrogen and oxygen atoms in total. The molecule has 1 fully saturated rings. The summed E-state index contributed by atoms with van der Waals surface area (Å²) in [5, 5.41) is -0.400. The van der Waals surface area contributed by atoms with Crippen molar-refractivity contribution in [2.45, 2.75) is 44.0 Å². The van der Waals surface area contributed by atoms with E-state index >= 15 is 0 Å². The molecule has 0 bridgehead atoms. The van der Waals surface area contributed by atoms with Gasteiger partial charge >= 0.3 is 0 Å². The maximum Gasteiger partial charge on any atom is 0.240 e. The molecule has 1 atom stereocenters. The highest BCUT2D eigenvalue weighted by Gasteiger charge is 2.28. The minimum atomic E-state index is -0.400. The molecule has 1 saturated carbocycles. The molecule has 0 radical (unpaired) electrons. The SMILES string of the molecule is CC(Cl)C(=O)N(CCN(C)C)C1CCCC1. The maximum absolute atomic E-state index is 12.0. The predicted molar refractivity (Wildman–Crippen MR) is 67.8 cm³/mol. The molecular formula is C12H23ClN2O. The highest BCUT2D eigenvalue weighted by atomic mass is 35.5. The van der Waals surface area contributed by atoms with E-state index in [1.165, 1.54) is 12.8 Å². The number of likely N-dealkylation sites (N-methyl/N-ethyl adjacent to an activating group) is 1. The van der Waals surface area contributed by atoms with Crippen LogP contribution in [0.2, 0.25) is 0 Å². The van der Waals surface area contributed by atoms with Crippen LogP contribution in [-0.2, 0) is 4.79 Å². The van der Waals surface area contributed by atoms with Gasteiger partial charge < -0.3 is 9.80 Å². The van der Waals surface area contributed by atoms with Gasteiger partial charge in [0.05, 0.1) is 0 Å². The van der Waals surface area contributed by atoms with E-state index < -0.39 is 5.38 Å². The van der Waals surface area contributed by atoms with Gasteiger partial charge in [0.15, 0.2) is 0 Å². The lowest BCUT2D eigenvalue weighted by Gasteiger charge is -2.31. The van der Waals surface area contributed by atoms with Gasteiger partial charge in [0.25, 0.3) is 0 Å². The Morgan fingerprint density at radius 2 is 1.88 bits per heavy atom. The second-order valence-electron chi connectivity index (χ2n) is 4.89. The van der Waals surface area contributed by atoms with Gasteiger partial charge in [-0.25, -0.2) is 0 Å². The summed E-state index contributed by atoms with van der Waals surface area (Å²) in [7, 11) is 4.06. The molecule has 0 saturated heterocycles. The van der Waals surface area contributed by atoms with Gasteiger partial charge in [0.2, 0.25) is 5.91 Å². The number of carbonyl (C=O) groups excluding carboxylic acids is 1. The zero-order valence-corrected chi connectivity index (χ0v) is 11.3. The third kappa shape index (κ3) is 3.95. The molecular weight excluding hydrogens is 224 g/mol. The summed E-state index contributed by atoms with van der Waals surface area (Å²) in [4.78, 5) is 16.1. The Bertz CT molecular complexity index is 225. The van der Waals surface area contributed by atoms with Gasteiger partial charge in [0.1, 0.15) is 5.38 Å². The summed E-state index contributed by atoms with van der Waals surface area (Å²) in [6.45, 7) is 3.47. The number of rotatable bonds is 5. The first kappa shape index (κ1) is 13.8. The molecule has 1 rings (SSSR count). The fourth-order valence-electron chi connectivity index (χ4n) is 2.22. The van der Waals surface area contributed by atoms with Gasteiger partial charge in [0, 0.05) is 19.1 Å². The minimum Gasteiger partial charge on any atom is -0.337 e. The van der Waals surface area contributed by atoms with E-state index in [1.807, 2.05) is 19.0 Å². The molecule has 1 amide bonds. The summed E-state index contributed by atoms with van der Waals surface area (Å²) < 4.78 is 0. The van der Waals surface area contributed by atoms with Crippen molar-refractivity contribution in [2.24, 2.45) is 0 Å². The first-order chi connectivity index (χ1) is 7.52. The molecule has 1 aliphatic carbocycles. The highest BCUT2D eigenvalue weighted by molar-refractivity contribution is 6.30. The number of alkyl halides is 1. The average Bonchev–Trinajstić information content (AvgIpc) is 2.70. The fraction of sp³-hybridized carbons (Fsp3) is 0.917. The molecule has 1 unspecified atom stereocenters. The van der Waals surface area contributed by atoms with Gasteiger partial charge in [-0.15, -0.1) is 11.6 Å². The summed E-state index contributed by atoms with van der Waals surface area (Å²) in [5.74, 6) is 0.0930. The molecule has 0 heterocycles. The standard InChI is InChI=1S/C12H23ClN2O/c1-10(13)12(16)15(9-8-14(2)3)11-6-4-5-7-11/h10-11H,4-9H2,1-3H3. The third-order valence-electron chi connectivity index (χ3n) is 3.18. The van der Waals surface area contributed by atoms with Gasteiger partial charge in [-0.1, -0.05) is 12.8 Å². The van der Waals surface area contributed by atoms with Crippen molar-refractivity contribution < 1.29 is 4.79 Å². The molecule has 0 aromatic carbocycles. The molecule has 16 heavy (non-hydrogen) atoms. The van der Waals surface area contributed by atoms with E-state index in [0.717, 1.165) is 25.9 Å². The normalized spacial score (nSPS) is 19.1. The van der Waals surface area contributed by atoms with E-state index in [0.29, 0.717) is 6.04 Å². The van der Waals surface area contributed by atoms with E-state index in [-0.39, 0.29) is 5.91 Å². The number of carbonyl (C=O) groups is 1. The van der Waals surface area contributed by atoms with Crippen LogP contribution in [0.3, 0.4) is 0 Å². The quantitative estimate of drug-likeness (QED) is 0.693. The Morgan fingerprint density at radius 1 is 1.31 bits per heavy atom. The Morgan fingerprint density at radius 3 is 2.31 bits per heavy atom. The Labute approximate surface area is 104 Å². The summed E-state index contributed by atoms with van der Waals surface area (Å²) in [6, 6.07) is 0.425. The van der Waals surface area contributed by atoms with Gasteiger partial charge in [-0.05, 0) is 33.9 Å². The van der Waals surface area contributed by atoms with E-state index in [1.54, 1.807) is 6.92 Å². The maximum atomic E-state index is 12.0. The van der Waals surface area contributed by atoms with Gasteiger partial charge in [-0.2, -0.15) is 0 Å². The number of hydrogen-bond acceptors (Lipinski definition) is 2. The number of halogens is 1. The molecule has 1 aliphatic rings. The van der Waals surface area contributed by atoms with Crippen LogP contribution >= 0.6 is 11.6 Å². The molecule has 0 spiro atoms. The zero-order valence-electron chi connectivity index (χ0n) is 10.6. The third-order valence-corrected chi connectivity index (χ3v) is 3.36. The Kier molecular flexibility index (Phi) is 5.56. The second-order valence-corrected chi connectivity index (χ2v) is 5.54. The fourth-order valence-corrected chi connectivity index (χ4v) is 2.35. The lowest BCUT2D eigenvalue weighted by Crippen LogP contribution is -2.45. The lowest BCUT2D eigenvalue weighted by atomic mass is 10.2. The van der Waals surface area contributed by atoms with Crippen molar-refractivity contribution in [3.63, 3.8) is 0 Å². The van der Waals surface area contributed by atoms with Crippen LogP contribution in [0.15, 0.2) is 0 Å². The number of amides is 1. The first-order valence-corrected chi connectivity index (χ1v) is 6.55. The lowest BCUT2D eigenvalue weighted by molar-refractivity contribution is -0.132. The predicted octanol–water partition coefficient (Wildman–Crippen LogP) is 1.95. The average molecular weight is 247 g/mol. The van der Waals surface area contributed by atoms with E-state index in [2.05, 4.69) is 4.90 Å². The second kappa shape index (κ2) is 6.45. The summed E-state index contributed by atoms with van der Waals surface area (Å²) in [6.07, 6.45) is 4.77. The van der Waals surface area contributed by atoms with Crippen molar-refractivity contribution >= 4 is 17.5 Å². The largest absolute Gasteiger partial charge is 0.337 e. The summed E-state index contributed by atoms with van der Waals surface area (Å²) >= 11 is 5.91. The molecule has 0 aromatic heterocycles. The topological polar surface area (TPSA) is 23.6 Å². The van der Waals surface area contributed by atoms with E-state index in [4.69, 9.17) is 11.6 Å². The first-order valence-electron chi connectivity index (χ1n) is 6.11. The molecule has 0 N–H and O–H groups in total. The molecule has 94 valence electrons. The smallest absolute Gasteiger partial charge is 0.240 e. The van der Waals surface area contributed by atoms with Crippen molar-refractivity contribution in [3.8, 4) is 0 Å². The Hall–Kier alpha value is -0.280. The zero-order chi connectivity index (χ0) is 12.1. The highest BCUT2D eigenvalue weighted by Crippen LogP contribution is 2.24. The minimum absolute atomic E-state index is 0.0930. The van der Waals surface area contributed by atoms with Crippen LogP contribution < -0.4 is 0 Å². The summed E-state index contributed by atoms with van der Waals surface area (Å²) in [5.41, 5.74) is 0. The monoisotopic (exact) mass is 246 g/mol.